The van der Waals surface area contributed by atoms with Crippen molar-refractivity contribution in [3.8, 4) is 0 Å². The largest absolute Gasteiger partial charge is 0.396 e. The van der Waals surface area contributed by atoms with E-state index in [4.69, 9.17) is 11.6 Å². The van der Waals surface area contributed by atoms with Gasteiger partial charge in [0.05, 0.1) is 5.69 Å². The van der Waals surface area contributed by atoms with Crippen LogP contribution in [0.15, 0.2) is 30.3 Å². The van der Waals surface area contributed by atoms with Gasteiger partial charge in [-0.1, -0.05) is 29.8 Å². The van der Waals surface area contributed by atoms with Gasteiger partial charge in [0.2, 0.25) is 0 Å². The van der Waals surface area contributed by atoms with Crippen LogP contribution in [0.2, 0.25) is 5.02 Å². The number of aliphatic hydroxyl groups is 1. The summed E-state index contributed by atoms with van der Waals surface area (Å²) in [6, 6.07) is 9.92. The van der Waals surface area contributed by atoms with E-state index in [1.807, 2.05) is 35.9 Å². The Morgan fingerprint density at radius 2 is 2.05 bits per heavy atom. The van der Waals surface area contributed by atoms with Crippen LogP contribution in [-0.4, -0.2) is 21.5 Å². The van der Waals surface area contributed by atoms with Gasteiger partial charge in [-0.2, -0.15) is 5.10 Å². The standard InChI is InChI=1S/C16H21ClN2O/c1-3-19-15(8-12(2)18-19)10-13(11-20)9-14-6-4-5-7-16(14)17/h4-8,13,20H,3,9-11H2,1-2H3. The molecule has 1 aromatic carbocycles. The summed E-state index contributed by atoms with van der Waals surface area (Å²) in [6.45, 7) is 5.09. The molecule has 108 valence electrons. The van der Waals surface area contributed by atoms with Crippen molar-refractivity contribution in [2.24, 2.45) is 5.92 Å². The van der Waals surface area contributed by atoms with Crippen LogP contribution < -0.4 is 0 Å². The third-order valence-corrected chi connectivity index (χ3v) is 3.88. The monoisotopic (exact) mass is 292 g/mol. The van der Waals surface area contributed by atoms with Gasteiger partial charge in [-0.15, -0.1) is 0 Å². The molecule has 1 N–H and O–H groups in total. The number of aromatic nitrogens is 2. The van der Waals surface area contributed by atoms with E-state index in [1.54, 1.807) is 0 Å². The fourth-order valence-corrected chi connectivity index (χ4v) is 2.72. The van der Waals surface area contributed by atoms with E-state index < -0.39 is 0 Å². The summed E-state index contributed by atoms with van der Waals surface area (Å²) in [6.07, 6.45) is 1.60. The van der Waals surface area contributed by atoms with Gasteiger partial charge in [0.15, 0.2) is 0 Å². The minimum atomic E-state index is 0.152. The van der Waals surface area contributed by atoms with Crippen LogP contribution in [0.4, 0.5) is 0 Å². The number of benzene rings is 1. The van der Waals surface area contributed by atoms with Gasteiger partial charge < -0.3 is 5.11 Å². The van der Waals surface area contributed by atoms with Gasteiger partial charge in [0.1, 0.15) is 0 Å². The molecule has 1 heterocycles. The van der Waals surface area contributed by atoms with Crippen molar-refractivity contribution in [1.82, 2.24) is 9.78 Å². The van der Waals surface area contributed by atoms with E-state index in [1.165, 1.54) is 5.69 Å². The fourth-order valence-electron chi connectivity index (χ4n) is 2.51. The number of aryl methyl sites for hydroxylation is 2. The molecule has 3 nitrogen and oxygen atoms in total. The number of nitrogens with zero attached hydrogens (tertiary/aromatic N) is 2. The zero-order chi connectivity index (χ0) is 14.5. The smallest absolute Gasteiger partial charge is 0.0596 e. The first kappa shape index (κ1) is 15.1. The highest BCUT2D eigenvalue weighted by Gasteiger charge is 2.14. The molecule has 2 rings (SSSR count). The number of hydrogen-bond donors (Lipinski definition) is 1. The van der Waals surface area contributed by atoms with Crippen LogP contribution in [0, 0.1) is 12.8 Å². The molecule has 20 heavy (non-hydrogen) atoms. The van der Waals surface area contributed by atoms with E-state index in [9.17, 15) is 5.11 Å². The Bertz CT molecular complexity index is 565. The molecule has 4 heteroatoms. The maximum absolute atomic E-state index is 9.64. The van der Waals surface area contributed by atoms with Gasteiger partial charge >= 0.3 is 0 Å². The van der Waals surface area contributed by atoms with E-state index in [0.717, 1.165) is 35.7 Å². The molecule has 0 radical (unpaired) electrons. The Hall–Kier alpha value is -1.32. The van der Waals surface area contributed by atoms with E-state index in [2.05, 4.69) is 18.1 Å². The lowest BCUT2D eigenvalue weighted by atomic mass is 9.95. The highest BCUT2D eigenvalue weighted by atomic mass is 35.5. The van der Waals surface area contributed by atoms with Gasteiger partial charge in [-0.3, -0.25) is 4.68 Å². The molecule has 1 aromatic heterocycles. The predicted octanol–water partition coefficient (Wildman–Crippen LogP) is 3.26. The second kappa shape index (κ2) is 6.91. The lowest BCUT2D eigenvalue weighted by molar-refractivity contribution is 0.223. The van der Waals surface area contributed by atoms with E-state index in [0.29, 0.717) is 0 Å². The molecule has 0 amide bonds. The number of rotatable bonds is 6. The molecular formula is C16H21ClN2O. The topological polar surface area (TPSA) is 38.0 Å². The number of hydrogen-bond acceptors (Lipinski definition) is 2. The molecule has 0 fully saturated rings. The Morgan fingerprint density at radius 1 is 1.30 bits per heavy atom. The first-order chi connectivity index (χ1) is 9.63. The van der Waals surface area contributed by atoms with E-state index in [-0.39, 0.29) is 12.5 Å². The lowest BCUT2D eigenvalue weighted by Crippen LogP contribution is -2.16. The minimum absolute atomic E-state index is 0.152. The zero-order valence-corrected chi connectivity index (χ0v) is 12.8. The summed E-state index contributed by atoms with van der Waals surface area (Å²) >= 11 is 6.19. The fraction of sp³-hybridized carbons (Fsp3) is 0.438. The predicted molar refractivity (Wildman–Crippen MR) is 82.1 cm³/mol. The second-order valence-corrected chi connectivity index (χ2v) is 5.55. The molecule has 0 saturated carbocycles. The highest BCUT2D eigenvalue weighted by molar-refractivity contribution is 6.31. The molecule has 0 spiro atoms. The quantitative estimate of drug-likeness (QED) is 0.887. The lowest BCUT2D eigenvalue weighted by Gasteiger charge is -2.15. The van der Waals surface area contributed by atoms with Crippen LogP contribution in [0.5, 0.6) is 0 Å². The Balaban J connectivity index is 2.11. The molecule has 0 aliphatic carbocycles. The van der Waals surface area contributed by atoms with Crippen molar-refractivity contribution in [1.29, 1.82) is 0 Å². The molecule has 0 aliphatic rings. The van der Waals surface area contributed by atoms with Crippen molar-refractivity contribution in [3.05, 3.63) is 52.3 Å². The van der Waals surface area contributed by atoms with Crippen LogP contribution in [0.3, 0.4) is 0 Å². The second-order valence-electron chi connectivity index (χ2n) is 5.14. The third kappa shape index (κ3) is 3.62. The van der Waals surface area contributed by atoms with Crippen molar-refractivity contribution >= 4 is 11.6 Å². The summed E-state index contributed by atoms with van der Waals surface area (Å²) in [4.78, 5) is 0. The molecule has 0 saturated heterocycles. The van der Waals surface area contributed by atoms with E-state index >= 15 is 0 Å². The van der Waals surface area contributed by atoms with Gasteiger partial charge in [0, 0.05) is 23.9 Å². The maximum Gasteiger partial charge on any atom is 0.0596 e. The summed E-state index contributed by atoms with van der Waals surface area (Å²) in [5.41, 5.74) is 3.29. The molecule has 1 unspecified atom stereocenters. The van der Waals surface area contributed by atoms with Gasteiger partial charge in [-0.25, -0.2) is 0 Å². The molecule has 2 aromatic rings. The first-order valence-electron chi connectivity index (χ1n) is 7.01. The van der Waals surface area contributed by atoms with Crippen LogP contribution in [0.25, 0.3) is 0 Å². The Morgan fingerprint density at radius 3 is 2.70 bits per heavy atom. The molecular weight excluding hydrogens is 272 g/mol. The zero-order valence-electron chi connectivity index (χ0n) is 12.0. The van der Waals surface area contributed by atoms with Crippen LogP contribution in [-0.2, 0) is 19.4 Å². The maximum atomic E-state index is 9.64. The normalized spacial score (nSPS) is 12.6. The average molecular weight is 293 g/mol. The summed E-state index contributed by atoms with van der Waals surface area (Å²) in [5.74, 6) is 0.163. The van der Waals surface area contributed by atoms with Gasteiger partial charge in [-0.05, 0) is 50.3 Å². The SMILES string of the molecule is CCn1nc(C)cc1CC(CO)Cc1ccccc1Cl. The average Bonchev–Trinajstić information content (AvgIpc) is 2.80. The first-order valence-corrected chi connectivity index (χ1v) is 7.39. The Labute approximate surface area is 125 Å². The summed E-state index contributed by atoms with van der Waals surface area (Å²) < 4.78 is 2.00. The third-order valence-electron chi connectivity index (χ3n) is 3.51. The van der Waals surface area contributed by atoms with Crippen molar-refractivity contribution in [2.75, 3.05) is 6.61 Å². The van der Waals surface area contributed by atoms with Crippen molar-refractivity contribution < 1.29 is 5.11 Å². The molecule has 1 atom stereocenters. The van der Waals surface area contributed by atoms with Gasteiger partial charge in [0.25, 0.3) is 0 Å². The molecule has 0 aliphatic heterocycles. The Kier molecular flexibility index (Phi) is 5.21. The minimum Gasteiger partial charge on any atom is -0.396 e. The number of halogens is 1. The van der Waals surface area contributed by atoms with Crippen LogP contribution >= 0.6 is 11.6 Å². The molecule has 0 bridgehead atoms. The summed E-state index contributed by atoms with van der Waals surface area (Å²) in [7, 11) is 0. The summed E-state index contributed by atoms with van der Waals surface area (Å²) in [5, 5.41) is 14.9. The van der Waals surface area contributed by atoms with Crippen molar-refractivity contribution in [3.63, 3.8) is 0 Å². The van der Waals surface area contributed by atoms with Crippen LogP contribution in [0.1, 0.15) is 23.9 Å². The number of aliphatic hydroxyl groups excluding tert-OH is 1. The van der Waals surface area contributed by atoms with Crippen molar-refractivity contribution in [2.45, 2.75) is 33.2 Å². The highest BCUT2D eigenvalue weighted by Crippen LogP contribution is 2.21.